The van der Waals surface area contributed by atoms with Crippen LogP contribution < -0.4 is 0 Å². The largest absolute Gasteiger partial charge is 0.481 e. The summed E-state index contributed by atoms with van der Waals surface area (Å²) in [5.74, 6) is -0.972. The fourth-order valence-corrected chi connectivity index (χ4v) is 2.14. The molecule has 1 aromatic rings. The zero-order valence-corrected chi connectivity index (χ0v) is 11.5. The second kappa shape index (κ2) is 7.41. The molecule has 0 bridgehead atoms. The predicted octanol–water partition coefficient (Wildman–Crippen LogP) is 1.68. The van der Waals surface area contributed by atoms with Gasteiger partial charge in [0.15, 0.2) is 0 Å². The molecule has 1 rings (SSSR count). The molecule has 0 heterocycles. The molecule has 4 nitrogen and oxygen atoms in total. The maximum absolute atomic E-state index is 10.4. The summed E-state index contributed by atoms with van der Waals surface area (Å²) >= 11 is 1.69. The normalized spacial score (nSPS) is 12.7. The minimum atomic E-state index is -0.972. The number of likely N-dealkylation sites (N-methyl/N-ethyl adjacent to an activating group) is 1. The van der Waals surface area contributed by atoms with Gasteiger partial charge in [0, 0.05) is 18.0 Å². The van der Waals surface area contributed by atoms with E-state index in [1.807, 2.05) is 30.3 Å². The van der Waals surface area contributed by atoms with Gasteiger partial charge < -0.3 is 10.2 Å². The number of rotatable bonds is 7. The SMILES string of the molecule is CSc1ccc(CN(C)CC(O)CC(=O)O)cc1. The third-order valence-electron chi connectivity index (χ3n) is 2.54. The van der Waals surface area contributed by atoms with Crippen molar-refractivity contribution >= 4 is 17.7 Å². The number of aliphatic hydroxyl groups is 1. The molecule has 0 aliphatic heterocycles. The highest BCUT2D eigenvalue weighted by Gasteiger charge is 2.12. The Labute approximate surface area is 112 Å². The zero-order valence-electron chi connectivity index (χ0n) is 10.7. The number of carboxylic acid groups (broad SMARTS) is 1. The van der Waals surface area contributed by atoms with Crippen LogP contribution >= 0.6 is 11.8 Å². The van der Waals surface area contributed by atoms with E-state index in [2.05, 4.69) is 12.1 Å². The molecule has 18 heavy (non-hydrogen) atoms. The maximum Gasteiger partial charge on any atom is 0.306 e. The summed E-state index contributed by atoms with van der Waals surface area (Å²) in [7, 11) is 1.87. The minimum Gasteiger partial charge on any atom is -0.481 e. The number of aliphatic carboxylic acids is 1. The Kier molecular flexibility index (Phi) is 6.18. The zero-order chi connectivity index (χ0) is 13.5. The van der Waals surface area contributed by atoms with Crippen LogP contribution in [0.2, 0.25) is 0 Å². The van der Waals surface area contributed by atoms with Crippen molar-refractivity contribution < 1.29 is 15.0 Å². The maximum atomic E-state index is 10.4. The van der Waals surface area contributed by atoms with Crippen LogP contribution in [0.3, 0.4) is 0 Å². The first-order valence-electron chi connectivity index (χ1n) is 5.72. The van der Waals surface area contributed by atoms with E-state index >= 15 is 0 Å². The average Bonchev–Trinajstić information content (AvgIpc) is 2.28. The van der Waals surface area contributed by atoms with Gasteiger partial charge in [-0.2, -0.15) is 0 Å². The van der Waals surface area contributed by atoms with Gasteiger partial charge in [-0.25, -0.2) is 0 Å². The van der Waals surface area contributed by atoms with Gasteiger partial charge in [-0.05, 0) is 31.0 Å². The summed E-state index contributed by atoms with van der Waals surface area (Å²) in [6.45, 7) is 1.06. The van der Waals surface area contributed by atoms with Crippen molar-refractivity contribution in [2.75, 3.05) is 19.8 Å². The van der Waals surface area contributed by atoms with Crippen LogP contribution in [0, 0.1) is 0 Å². The number of carboxylic acids is 1. The molecule has 2 N–H and O–H groups in total. The highest BCUT2D eigenvalue weighted by molar-refractivity contribution is 7.98. The van der Waals surface area contributed by atoms with E-state index in [0.29, 0.717) is 13.1 Å². The van der Waals surface area contributed by atoms with E-state index < -0.39 is 12.1 Å². The summed E-state index contributed by atoms with van der Waals surface area (Å²) in [4.78, 5) is 13.6. The lowest BCUT2D eigenvalue weighted by Crippen LogP contribution is -2.30. The van der Waals surface area contributed by atoms with Crippen LogP contribution in [0.15, 0.2) is 29.2 Å². The predicted molar refractivity (Wildman–Crippen MR) is 72.8 cm³/mol. The Morgan fingerprint density at radius 1 is 1.39 bits per heavy atom. The lowest BCUT2D eigenvalue weighted by atomic mass is 10.2. The lowest BCUT2D eigenvalue weighted by Gasteiger charge is -2.19. The standard InChI is InChI=1S/C13H19NO3S/c1-14(9-11(15)7-13(16)17)8-10-3-5-12(18-2)6-4-10/h3-6,11,15H,7-9H2,1-2H3,(H,16,17). The number of thioether (sulfide) groups is 1. The Morgan fingerprint density at radius 3 is 2.50 bits per heavy atom. The number of aliphatic hydroxyl groups excluding tert-OH is 1. The Bertz CT molecular complexity index is 380. The molecule has 100 valence electrons. The molecular weight excluding hydrogens is 250 g/mol. The smallest absolute Gasteiger partial charge is 0.306 e. The van der Waals surface area contributed by atoms with Gasteiger partial charge in [-0.3, -0.25) is 9.69 Å². The van der Waals surface area contributed by atoms with Crippen molar-refractivity contribution in [3.63, 3.8) is 0 Å². The first-order chi connectivity index (χ1) is 8.51. The Balaban J connectivity index is 2.43. The topological polar surface area (TPSA) is 60.8 Å². The third kappa shape index (κ3) is 5.53. The molecule has 0 radical (unpaired) electrons. The molecule has 0 saturated carbocycles. The van der Waals surface area contributed by atoms with Gasteiger partial charge in [0.25, 0.3) is 0 Å². The fourth-order valence-electron chi connectivity index (χ4n) is 1.73. The molecule has 5 heteroatoms. The van der Waals surface area contributed by atoms with Crippen LogP contribution in [-0.2, 0) is 11.3 Å². The number of carbonyl (C=O) groups is 1. The van der Waals surface area contributed by atoms with E-state index in [1.165, 1.54) is 4.90 Å². The number of hydrogen-bond acceptors (Lipinski definition) is 4. The molecule has 0 aliphatic rings. The van der Waals surface area contributed by atoms with Gasteiger partial charge in [0.05, 0.1) is 12.5 Å². The van der Waals surface area contributed by atoms with Crippen molar-refractivity contribution in [2.45, 2.75) is 24.0 Å². The minimum absolute atomic E-state index is 0.213. The van der Waals surface area contributed by atoms with E-state index in [-0.39, 0.29) is 6.42 Å². The van der Waals surface area contributed by atoms with Gasteiger partial charge in [0.1, 0.15) is 0 Å². The van der Waals surface area contributed by atoms with Crippen LogP contribution in [0.5, 0.6) is 0 Å². The van der Waals surface area contributed by atoms with Gasteiger partial charge in [-0.1, -0.05) is 12.1 Å². The van der Waals surface area contributed by atoms with E-state index in [1.54, 1.807) is 11.8 Å². The molecule has 0 aromatic heterocycles. The van der Waals surface area contributed by atoms with E-state index in [4.69, 9.17) is 5.11 Å². The van der Waals surface area contributed by atoms with E-state index in [9.17, 15) is 9.90 Å². The van der Waals surface area contributed by atoms with Crippen LogP contribution in [0.25, 0.3) is 0 Å². The van der Waals surface area contributed by atoms with Crippen molar-refractivity contribution in [3.8, 4) is 0 Å². The molecule has 0 amide bonds. The first kappa shape index (κ1) is 15.0. The van der Waals surface area contributed by atoms with Crippen molar-refractivity contribution in [2.24, 2.45) is 0 Å². The third-order valence-corrected chi connectivity index (χ3v) is 3.29. The van der Waals surface area contributed by atoms with Crippen molar-refractivity contribution in [1.82, 2.24) is 4.90 Å². The molecular formula is C13H19NO3S. The monoisotopic (exact) mass is 269 g/mol. The van der Waals surface area contributed by atoms with Gasteiger partial charge in [0.2, 0.25) is 0 Å². The molecule has 0 spiro atoms. The van der Waals surface area contributed by atoms with Crippen LogP contribution in [0.4, 0.5) is 0 Å². The quantitative estimate of drug-likeness (QED) is 0.737. The van der Waals surface area contributed by atoms with Crippen LogP contribution in [-0.4, -0.2) is 47.0 Å². The molecule has 1 unspecified atom stereocenters. The molecule has 0 fully saturated rings. The highest BCUT2D eigenvalue weighted by Crippen LogP contribution is 2.15. The first-order valence-corrected chi connectivity index (χ1v) is 6.95. The molecule has 1 atom stereocenters. The van der Waals surface area contributed by atoms with Gasteiger partial charge >= 0.3 is 5.97 Å². The molecule has 0 aliphatic carbocycles. The van der Waals surface area contributed by atoms with Crippen molar-refractivity contribution in [3.05, 3.63) is 29.8 Å². The highest BCUT2D eigenvalue weighted by atomic mass is 32.2. The lowest BCUT2D eigenvalue weighted by molar-refractivity contribution is -0.139. The second-order valence-electron chi connectivity index (χ2n) is 4.30. The molecule has 1 aromatic carbocycles. The summed E-state index contributed by atoms with van der Waals surface area (Å²) < 4.78 is 0. The van der Waals surface area contributed by atoms with Crippen molar-refractivity contribution in [1.29, 1.82) is 0 Å². The van der Waals surface area contributed by atoms with E-state index in [0.717, 1.165) is 5.56 Å². The summed E-state index contributed by atoms with van der Waals surface area (Å²) in [5, 5.41) is 18.1. The number of nitrogens with zero attached hydrogens (tertiary/aromatic N) is 1. The summed E-state index contributed by atoms with van der Waals surface area (Å²) in [6.07, 6.45) is 0.997. The summed E-state index contributed by atoms with van der Waals surface area (Å²) in [6, 6.07) is 8.21. The fraction of sp³-hybridized carbons (Fsp3) is 0.462. The Morgan fingerprint density at radius 2 is 2.00 bits per heavy atom. The number of hydrogen-bond donors (Lipinski definition) is 2. The van der Waals surface area contributed by atoms with Crippen LogP contribution in [0.1, 0.15) is 12.0 Å². The molecule has 0 saturated heterocycles. The van der Waals surface area contributed by atoms with Gasteiger partial charge in [-0.15, -0.1) is 11.8 Å². The number of benzene rings is 1. The Hall–Kier alpha value is -1.04. The second-order valence-corrected chi connectivity index (χ2v) is 5.18. The summed E-state index contributed by atoms with van der Waals surface area (Å²) in [5.41, 5.74) is 1.15. The average molecular weight is 269 g/mol.